The summed E-state index contributed by atoms with van der Waals surface area (Å²) in [5.41, 5.74) is -0.313. The number of carbonyl (C=O) groups excluding carboxylic acids is 2. The Hall–Kier alpha value is -1.32. The zero-order valence-electron chi connectivity index (χ0n) is 29.2. The van der Waals surface area contributed by atoms with Crippen LogP contribution in [0.15, 0.2) is 12.2 Å². The zero-order valence-corrected chi connectivity index (χ0v) is 29.2. The molecule has 0 heterocycles. The molecule has 7 aliphatic rings. The average molecular weight is 621 g/mol. The van der Waals surface area contributed by atoms with Crippen LogP contribution in [-0.4, -0.2) is 23.1 Å². The first-order chi connectivity index (χ1) is 21.5. The third kappa shape index (κ3) is 5.28. The molecule has 7 aliphatic carbocycles. The fourth-order valence-electron chi connectivity index (χ4n) is 13.7. The molecular weight excluding hydrogens is 556 g/mol. The van der Waals surface area contributed by atoms with Crippen molar-refractivity contribution in [2.24, 2.45) is 45.8 Å². The summed E-state index contributed by atoms with van der Waals surface area (Å²) in [5, 5.41) is 0. The van der Waals surface area contributed by atoms with E-state index >= 15 is 0 Å². The fraction of sp³-hybridized carbons (Fsp3) is 0.902. The van der Waals surface area contributed by atoms with Crippen molar-refractivity contribution in [3.05, 3.63) is 12.2 Å². The molecule has 7 fully saturated rings. The number of fused-ring (bicyclic) bond motifs is 2. The maximum Gasteiger partial charge on any atom is 0.333 e. The molecule has 0 radical (unpaired) electrons. The average Bonchev–Trinajstić information content (AvgIpc) is 3.86. The summed E-state index contributed by atoms with van der Waals surface area (Å²) >= 11 is 0. The summed E-state index contributed by atoms with van der Waals surface area (Å²) in [4.78, 5) is 27.9. The maximum absolute atomic E-state index is 14.7. The van der Waals surface area contributed by atoms with Crippen molar-refractivity contribution in [1.29, 1.82) is 0 Å². The molecule has 4 nitrogen and oxygen atoms in total. The summed E-state index contributed by atoms with van der Waals surface area (Å²) < 4.78 is 14.0. The lowest BCUT2D eigenvalue weighted by Crippen LogP contribution is -2.60. The van der Waals surface area contributed by atoms with E-state index in [9.17, 15) is 9.59 Å². The predicted octanol–water partition coefficient (Wildman–Crippen LogP) is 10.7. The topological polar surface area (TPSA) is 52.6 Å². The first kappa shape index (κ1) is 32.2. The second kappa shape index (κ2) is 12.0. The van der Waals surface area contributed by atoms with Gasteiger partial charge in [-0.05, 0) is 147 Å². The van der Waals surface area contributed by atoms with Crippen LogP contribution >= 0.6 is 0 Å². The highest BCUT2D eigenvalue weighted by atomic mass is 16.6. The molecule has 7 rings (SSSR count). The minimum Gasteiger partial charge on any atom is -0.458 e. The maximum atomic E-state index is 14.7. The Morgan fingerprint density at radius 1 is 0.711 bits per heavy atom. The van der Waals surface area contributed by atoms with E-state index in [1.54, 1.807) is 6.92 Å². The number of carbonyl (C=O) groups is 2. The van der Waals surface area contributed by atoms with Crippen LogP contribution in [0.2, 0.25) is 0 Å². The monoisotopic (exact) mass is 620 g/mol. The molecule has 0 aliphatic heterocycles. The van der Waals surface area contributed by atoms with Gasteiger partial charge in [-0.25, -0.2) is 4.79 Å². The molecule has 0 N–H and O–H groups in total. The van der Waals surface area contributed by atoms with E-state index in [4.69, 9.17) is 9.47 Å². The smallest absolute Gasteiger partial charge is 0.333 e. The van der Waals surface area contributed by atoms with Crippen molar-refractivity contribution in [2.75, 3.05) is 0 Å². The molecule has 6 atom stereocenters. The minimum absolute atomic E-state index is 0.0393. The fourth-order valence-corrected chi connectivity index (χ4v) is 13.7. The highest BCUT2D eigenvalue weighted by Crippen LogP contribution is 2.67. The van der Waals surface area contributed by atoms with Crippen LogP contribution in [0.3, 0.4) is 0 Å². The van der Waals surface area contributed by atoms with Crippen LogP contribution in [0.25, 0.3) is 0 Å². The van der Waals surface area contributed by atoms with E-state index in [1.165, 1.54) is 109 Å². The Bertz CT molecular complexity index is 1130. The molecule has 2 spiro atoms. The van der Waals surface area contributed by atoms with Crippen LogP contribution in [0.5, 0.6) is 0 Å². The number of ether oxygens (including phenoxy) is 2. The highest BCUT2D eigenvalue weighted by Gasteiger charge is 2.65. The van der Waals surface area contributed by atoms with Gasteiger partial charge in [0, 0.05) is 22.3 Å². The molecule has 7 saturated carbocycles. The van der Waals surface area contributed by atoms with E-state index in [0.717, 1.165) is 56.8 Å². The quantitative estimate of drug-likeness (QED) is 0.200. The summed E-state index contributed by atoms with van der Waals surface area (Å²) in [6.45, 7) is 10.2. The number of hydrogen-bond donors (Lipinski definition) is 0. The second-order valence-corrected chi connectivity index (χ2v) is 18.5. The SMILES string of the molecule is C=C(C)C(=O)OC1(C2CCCC2)CCC(CC(C)(C)C(=O)OC2(C3CC4CCC3C4)CCCCC23CCCC3)CC12CCCC2. The van der Waals surface area contributed by atoms with Crippen molar-refractivity contribution in [2.45, 2.75) is 186 Å². The molecule has 0 aromatic heterocycles. The van der Waals surface area contributed by atoms with Crippen molar-refractivity contribution >= 4 is 11.9 Å². The summed E-state index contributed by atoms with van der Waals surface area (Å²) in [6, 6.07) is 0. The van der Waals surface area contributed by atoms with Crippen LogP contribution in [0.4, 0.5) is 0 Å². The van der Waals surface area contributed by atoms with E-state index in [2.05, 4.69) is 20.4 Å². The van der Waals surface area contributed by atoms with Crippen LogP contribution in [-0.2, 0) is 19.1 Å². The molecule has 0 aromatic carbocycles. The van der Waals surface area contributed by atoms with Gasteiger partial charge in [0.05, 0.1) is 5.41 Å². The Balaban J connectivity index is 1.13. The molecule has 2 bridgehead atoms. The van der Waals surface area contributed by atoms with Crippen molar-refractivity contribution in [1.82, 2.24) is 0 Å². The van der Waals surface area contributed by atoms with Gasteiger partial charge in [-0.15, -0.1) is 0 Å². The molecule has 252 valence electrons. The van der Waals surface area contributed by atoms with Gasteiger partial charge in [-0.3, -0.25) is 4.79 Å². The van der Waals surface area contributed by atoms with E-state index in [0.29, 0.717) is 23.3 Å². The zero-order chi connectivity index (χ0) is 31.5. The van der Waals surface area contributed by atoms with E-state index in [-0.39, 0.29) is 34.0 Å². The van der Waals surface area contributed by atoms with Crippen LogP contribution in [0, 0.1) is 45.8 Å². The number of hydrogen-bond acceptors (Lipinski definition) is 4. The predicted molar refractivity (Wildman–Crippen MR) is 179 cm³/mol. The Morgan fingerprint density at radius 2 is 1.33 bits per heavy atom. The van der Waals surface area contributed by atoms with Gasteiger partial charge >= 0.3 is 11.9 Å². The van der Waals surface area contributed by atoms with Gasteiger partial charge in [0.15, 0.2) is 0 Å². The molecular formula is C41H64O4. The van der Waals surface area contributed by atoms with Gasteiger partial charge in [0.25, 0.3) is 0 Å². The molecule has 4 heteroatoms. The largest absolute Gasteiger partial charge is 0.458 e. The molecule has 0 saturated heterocycles. The second-order valence-electron chi connectivity index (χ2n) is 18.5. The number of esters is 2. The van der Waals surface area contributed by atoms with Gasteiger partial charge < -0.3 is 9.47 Å². The Kier molecular flexibility index (Phi) is 8.58. The molecule has 0 amide bonds. The minimum atomic E-state index is -0.506. The van der Waals surface area contributed by atoms with Crippen molar-refractivity contribution < 1.29 is 19.1 Å². The van der Waals surface area contributed by atoms with Gasteiger partial charge in [0.1, 0.15) is 11.2 Å². The van der Waals surface area contributed by atoms with Crippen LogP contribution in [0.1, 0.15) is 175 Å². The standard InChI is InChI=1S/C41H64O4/c1-29(2)35(42)44-40(33-13-5-6-14-33)24-17-31(28-39(40)21-9-10-22-39)27-37(3,4)36(43)45-41(34-26-30-15-16-32(34)25-30)23-12-11-20-38(41)18-7-8-19-38/h30-34H,1,5-28H2,2-4H3. The molecule has 0 aromatic rings. The summed E-state index contributed by atoms with van der Waals surface area (Å²) in [6.07, 6.45) is 29.1. The summed E-state index contributed by atoms with van der Waals surface area (Å²) in [5.74, 6) is 3.07. The molecule has 6 unspecified atom stereocenters. The lowest BCUT2D eigenvalue weighted by molar-refractivity contribution is -0.219. The lowest BCUT2D eigenvalue weighted by atomic mass is 9.53. The van der Waals surface area contributed by atoms with Gasteiger partial charge in [-0.2, -0.15) is 0 Å². The van der Waals surface area contributed by atoms with Crippen molar-refractivity contribution in [3.63, 3.8) is 0 Å². The number of rotatable bonds is 8. The van der Waals surface area contributed by atoms with Crippen LogP contribution < -0.4 is 0 Å². The summed E-state index contributed by atoms with van der Waals surface area (Å²) in [7, 11) is 0. The van der Waals surface area contributed by atoms with E-state index < -0.39 is 5.41 Å². The lowest BCUT2D eigenvalue weighted by Gasteiger charge is -2.58. The highest BCUT2D eigenvalue weighted by molar-refractivity contribution is 5.87. The third-order valence-electron chi connectivity index (χ3n) is 15.6. The normalized spacial score (nSPS) is 39.1. The Morgan fingerprint density at radius 3 is 1.91 bits per heavy atom. The first-order valence-corrected chi connectivity index (χ1v) is 19.7. The third-order valence-corrected chi connectivity index (χ3v) is 15.6. The molecule has 45 heavy (non-hydrogen) atoms. The van der Waals surface area contributed by atoms with Gasteiger partial charge in [-0.1, -0.05) is 57.9 Å². The van der Waals surface area contributed by atoms with Gasteiger partial charge in [0.2, 0.25) is 0 Å². The first-order valence-electron chi connectivity index (χ1n) is 19.7. The van der Waals surface area contributed by atoms with Crippen molar-refractivity contribution in [3.8, 4) is 0 Å². The Labute approximate surface area is 274 Å². The van der Waals surface area contributed by atoms with E-state index in [1.807, 2.05) is 0 Å².